The predicted molar refractivity (Wildman–Crippen MR) is 78.8 cm³/mol. The van der Waals surface area contributed by atoms with Gasteiger partial charge < -0.3 is 15.3 Å². The van der Waals surface area contributed by atoms with Crippen molar-refractivity contribution in [1.29, 1.82) is 0 Å². The van der Waals surface area contributed by atoms with E-state index < -0.39 is 5.97 Å². The molecule has 0 bridgehead atoms. The molecule has 1 aromatic rings. The maximum atomic E-state index is 12.0. The molecule has 0 aromatic heterocycles. The van der Waals surface area contributed by atoms with E-state index in [0.717, 1.165) is 16.5 Å². The summed E-state index contributed by atoms with van der Waals surface area (Å²) in [5.41, 5.74) is 1.11. The van der Waals surface area contributed by atoms with Crippen molar-refractivity contribution < 1.29 is 14.7 Å². The van der Waals surface area contributed by atoms with E-state index in [2.05, 4.69) is 27.3 Å². The molecule has 0 unspecified atom stereocenters. The Balaban J connectivity index is 1.87. The van der Waals surface area contributed by atoms with Crippen LogP contribution in [0, 0.1) is 0 Å². The first kappa shape index (κ1) is 14.6. The average Bonchev–Trinajstić information content (AvgIpc) is 2.45. The Kier molecular flexibility index (Phi) is 4.79. The zero-order chi connectivity index (χ0) is 14.5. The van der Waals surface area contributed by atoms with Crippen LogP contribution in [0.4, 0.5) is 4.79 Å². The number of hydrogen-bond acceptors (Lipinski definition) is 2. The maximum absolute atomic E-state index is 12.0. The molecule has 0 saturated carbocycles. The van der Waals surface area contributed by atoms with Gasteiger partial charge in [0.25, 0.3) is 0 Å². The van der Waals surface area contributed by atoms with Crippen LogP contribution >= 0.6 is 15.9 Å². The van der Waals surface area contributed by atoms with Crippen LogP contribution in [0.1, 0.15) is 22.3 Å². The van der Waals surface area contributed by atoms with Gasteiger partial charge in [-0.1, -0.05) is 34.1 Å². The topological polar surface area (TPSA) is 69.6 Å². The number of benzene rings is 1. The summed E-state index contributed by atoms with van der Waals surface area (Å²) in [6.45, 7) is 1.68. The van der Waals surface area contributed by atoms with Crippen LogP contribution in [0.25, 0.3) is 0 Å². The van der Waals surface area contributed by atoms with E-state index in [4.69, 9.17) is 5.11 Å². The summed E-state index contributed by atoms with van der Waals surface area (Å²) in [6.07, 6.45) is 2.91. The zero-order valence-electron chi connectivity index (χ0n) is 10.8. The first-order valence-corrected chi connectivity index (χ1v) is 7.05. The van der Waals surface area contributed by atoms with Gasteiger partial charge in [0.15, 0.2) is 0 Å². The number of nitrogens with zero attached hydrogens (tertiary/aromatic N) is 1. The van der Waals surface area contributed by atoms with Gasteiger partial charge in [0.1, 0.15) is 0 Å². The quantitative estimate of drug-likeness (QED) is 0.889. The lowest BCUT2D eigenvalue weighted by molar-refractivity contribution is 0.0697. The van der Waals surface area contributed by atoms with Gasteiger partial charge in [-0.25, -0.2) is 9.59 Å². The molecule has 0 spiro atoms. The summed E-state index contributed by atoms with van der Waals surface area (Å²) < 4.78 is 1.02. The smallest absolute Gasteiger partial charge is 0.335 e. The van der Waals surface area contributed by atoms with Gasteiger partial charge in [-0.15, -0.1) is 0 Å². The Hall–Kier alpha value is -1.82. The fourth-order valence-electron chi connectivity index (χ4n) is 1.93. The van der Waals surface area contributed by atoms with Gasteiger partial charge >= 0.3 is 12.0 Å². The van der Waals surface area contributed by atoms with Crippen molar-refractivity contribution in [1.82, 2.24) is 10.2 Å². The van der Waals surface area contributed by atoms with Crippen LogP contribution in [0.15, 0.2) is 34.8 Å². The molecule has 1 aliphatic heterocycles. The number of amides is 2. The molecular weight excluding hydrogens is 324 g/mol. The number of aromatic carboxylic acids is 1. The first-order valence-electron chi connectivity index (χ1n) is 6.26. The second-order valence-electron chi connectivity index (χ2n) is 4.52. The molecule has 1 aromatic carbocycles. The number of carboxylic acid groups (broad SMARTS) is 1. The number of urea groups is 1. The second kappa shape index (κ2) is 6.56. The van der Waals surface area contributed by atoms with Crippen molar-refractivity contribution >= 4 is 27.9 Å². The first-order chi connectivity index (χ1) is 9.56. The standard InChI is InChI=1S/C14H15BrN2O3/c15-12-2-1-7-17(9-12)14(20)16-8-10-3-5-11(6-4-10)13(18)19/h2-6H,1,7-9H2,(H,16,20)(H,18,19). The summed E-state index contributed by atoms with van der Waals surface area (Å²) in [4.78, 5) is 24.4. The number of carboxylic acids is 1. The maximum Gasteiger partial charge on any atom is 0.335 e. The van der Waals surface area contributed by atoms with Gasteiger partial charge in [0, 0.05) is 17.6 Å². The number of hydrogen-bond donors (Lipinski definition) is 2. The van der Waals surface area contributed by atoms with E-state index >= 15 is 0 Å². The Bertz CT molecular complexity index is 540. The molecule has 1 heterocycles. The van der Waals surface area contributed by atoms with Crippen molar-refractivity contribution in [2.75, 3.05) is 13.1 Å². The Morgan fingerprint density at radius 2 is 2.00 bits per heavy atom. The second-order valence-corrected chi connectivity index (χ2v) is 5.54. The molecule has 0 aliphatic carbocycles. The van der Waals surface area contributed by atoms with E-state index in [1.54, 1.807) is 17.0 Å². The summed E-state index contributed by atoms with van der Waals surface area (Å²) in [6, 6.07) is 6.36. The summed E-state index contributed by atoms with van der Waals surface area (Å²) in [5.74, 6) is -0.953. The van der Waals surface area contributed by atoms with Crippen LogP contribution in [-0.2, 0) is 6.54 Å². The van der Waals surface area contributed by atoms with Crippen molar-refractivity contribution in [3.8, 4) is 0 Å². The Morgan fingerprint density at radius 1 is 1.30 bits per heavy atom. The molecule has 0 atom stereocenters. The average molecular weight is 339 g/mol. The lowest BCUT2D eigenvalue weighted by Crippen LogP contribution is -2.42. The third kappa shape index (κ3) is 3.84. The third-order valence-corrected chi connectivity index (χ3v) is 3.61. The number of halogens is 1. The Labute approximate surface area is 125 Å². The van der Waals surface area contributed by atoms with Crippen LogP contribution in [-0.4, -0.2) is 35.1 Å². The fourth-order valence-corrected chi connectivity index (χ4v) is 2.46. The molecule has 0 fully saturated rings. The predicted octanol–water partition coefficient (Wildman–Crippen LogP) is 2.58. The molecule has 0 saturated heterocycles. The van der Waals surface area contributed by atoms with Gasteiger partial charge in [-0.05, 0) is 24.1 Å². The van der Waals surface area contributed by atoms with Gasteiger partial charge in [-0.3, -0.25) is 0 Å². The molecule has 0 radical (unpaired) electrons. The van der Waals surface area contributed by atoms with Gasteiger partial charge in [-0.2, -0.15) is 0 Å². The zero-order valence-corrected chi connectivity index (χ0v) is 12.4. The van der Waals surface area contributed by atoms with Gasteiger partial charge in [0.05, 0.1) is 12.1 Å². The SMILES string of the molecule is O=C(O)c1ccc(CNC(=O)N2CCC=C(Br)C2)cc1. The molecule has 20 heavy (non-hydrogen) atoms. The van der Waals surface area contributed by atoms with E-state index in [1.807, 2.05) is 0 Å². The Morgan fingerprint density at radius 3 is 2.60 bits per heavy atom. The summed E-state index contributed by atoms with van der Waals surface area (Å²) in [5, 5.41) is 11.6. The summed E-state index contributed by atoms with van der Waals surface area (Å²) in [7, 11) is 0. The van der Waals surface area contributed by atoms with Crippen molar-refractivity contribution in [2.24, 2.45) is 0 Å². The molecule has 2 rings (SSSR count). The van der Waals surface area contributed by atoms with Crippen molar-refractivity contribution in [3.05, 3.63) is 46.0 Å². The van der Waals surface area contributed by atoms with Crippen LogP contribution in [0.2, 0.25) is 0 Å². The van der Waals surface area contributed by atoms with Gasteiger partial charge in [0.2, 0.25) is 0 Å². The normalized spacial score (nSPS) is 14.7. The van der Waals surface area contributed by atoms with E-state index in [9.17, 15) is 9.59 Å². The van der Waals surface area contributed by atoms with Crippen molar-refractivity contribution in [2.45, 2.75) is 13.0 Å². The highest BCUT2D eigenvalue weighted by Crippen LogP contribution is 2.14. The monoisotopic (exact) mass is 338 g/mol. The van der Waals surface area contributed by atoms with E-state index in [-0.39, 0.29) is 11.6 Å². The van der Waals surface area contributed by atoms with Crippen LogP contribution in [0.3, 0.4) is 0 Å². The minimum atomic E-state index is -0.953. The molecule has 106 valence electrons. The number of carbonyl (C=O) groups excluding carboxylic acids is 1. The molecule has 6 heteroatoms. The van der Waals surface area contributed by atoms with Crippen LogP contribution < -0.4 is 5.32 Å². The van der Waals surface area contributed by atoms with Crippen LogP contribution in [0.5, 0.6) is 0 Å². The highest BCUT2D eigenvalue weighted by atomic mass is 79.9. The van der Waals surface area contributed by atoms with E-state index in [1.165, 1.54) is 12.1 Å². The minimum absolute atomic E-state index is 0.114. The van der Waals surface area contributed by atoms with Crippen molar-refractivity contribution in [3.63, 3.8) is 0 Å². The third-order valence-electron chi connectivity index (χ3n) is 3.04. The molecule has 1 aliphatic rings. The largest absolute Gasteiger partial charge is 0.478 e. The number of carbonyl (C=O) groups is 2. The lowest BCUT2D eigenvalue weighted by Gasteiger charge is -2.25. The van der Waals surface area contributed by atoms with E-state index in [0.29, 0.717) is 19.6 Å². The molecule has 2 amide bonds. The molecule has 5 nitrogen and oxygen atoms in total. The number of nitrogens with one attached hydrogen (secondary N) is 1. The highest BCUT2D eigenvalue weighted by molar-refractivity contribution is 9.11. The lowest BCUT2D eigenvalue weighted by atomic mass is 10.1. The molecule has 2 N–H and O–H groups in total. The minimum Gasteiger partial charge on any atom is -0.478 e. The molecular formula is C14H15BrN2O3. The fraction of sp³-hybridized carbons (Fsp3) is 0.286. The highest BCUT2D eigenvalue weighted by Gasteiger charge is 2.16. The number of rotatable bonds is 3. The summed E-state index contributed by atoms with van der Waals surface area (Å²) >= 11 is 3.40.